The van der Waals surface area contributed by atoms with E-state index in [0.717, 1.165) is 12.8 Å². The predicted molar refractivity (Wildman–Crippen MR) is 61.3 cm³/mol. The molecule has 0 aliphatic rings. The summed E-state index contributed by atoms with van der Waals surface area (Å²) in [4.78, 5) is 0. The van der Waals surface area contributed by atoms with Gasteiger partial charge in [0, 0.05) is 0 Å². The average molecular weight is 264 g/mol. The van der Waals surface area contributed by atoms with E-state index in [1.54, 1.807) is 0 Å². The van der Waals surface area contributed by atoms with Gasteiger partial charge in [0.05, 0.1) is 0 Å². The molecule has 0 N–H and O–H groups in total. The molecule has 11 heavy (non-hydrogen) atoms. The summed E-state index contributed by atoms with van der Waals surface area (Å²) in [6.07, 6.45) is 13.8. The van der Waals surface area contributed by atoms with Crippen molar-refractivity contribution in [2.45, 2.75) is 32.6 Å². The van der Waals surface area contributed by atoms with Crippen LogP contribution in [0.1, 0.15) is 32.6 Å². The minimum Gasteiger partial charge on any atom is -0.0885 e. The van der Waals surface area contributed by atoms with E-state index in [2.05, 4.69) is 53.8 Å². The zero-order chi connectivity index (χ0) is 8.36. The van der Waals surface area contributed by atoms with Crippen LogP contribution < -0.4 is 0 Å². The molecule has 0 aromatic rings. The van der Waals surface area contributed by atoms with Crippen LogP contribution in [0.3, 0.4) is 0 Å². The van der Waals surface area contributed by atoms with E-state index in [9.17, 15) is 0 Å². The maximum absolute atomic E-state index is 2.41. The fourth-order valence-electron chi connectivity index (χ4n) is 0.751. The van der Waals surface area contributed by atoms with E-state index >= 15 is 0 Å². The van der Waals surface area contributed by atoms with Gasteiger partial charge in [-0.2, -0.15) is 0 Å². The van der Waals surface area contributed by atoms with E-state index in [-0.39, 0.29) is 0 Å². The Morgan fingerprint density at radius 3 is 2.45 bits per heavy atom. The summed E-state index contributed by atoms with van der Waals surface area (Å²) in [5.41, 5.74) is 0. The molecule has 0 aliphatic carbocycles. The van der Waals surface area contributed by atoms with Crippen LogP contribution in [0.5, 0.6) is 0 Å². The van der Waals surface area contributed by atoms with Crippen molar-refractivity contribution in [2.24, 2.45) is 0 Å². The smallest absolute Gasteiger partial charge is 0.000178 e. The zero-order valence-corrected chi connectivity index (χ0v) is 9.38. The second kappa shape index (κ2) is 10.2. The van der Waals surface area contributed by atoms with Crippen molar-refractivity contribution in [3.63, 3.8) is 0 Å². The lowest BCUT2D eigenvalue weighted by Crippen LogP contribution is -1.69. The fraction of sp³-hybridized carbons (Fsp3) is 0.600. The van der Waals surface area contributed by atoms with E-state index in [0.29, 0.717) is 0 Å². The largest absolute Gasteiger partial charge is 0.0885 e. The minimum atomic E-state index is 1.11. The highest BCUT2D eigenvalue weighted by Gasteiger charge is 1.77. The molecule has 64 valence electrons. The molecule has 0 saturated carbocycles. The first-order chi connectivity index (χ1) is 5.41. The average Bonchev–Trinajstić information content (AvgIpc) is 2.03. The van der Waals surface area contributed by atoms with Crippen molar-refractivity contribution in [1.29, 1.82) is 0 Å². The third kappa shape index (κ3) is 10.2. The molecule has 0 radical (unpaired) electrons. The summed E-state index contributed by atoms with van der Waals surface area (Å²) in [5, 5.41) is 0. The fourth-order valence-corrected chi connectivity index (χ4v) is 1.19. The lowest BCUT2D eigenvalue weighted by molar-refractivity contribution is 0.981. The molecule has 0 nitrogen and oxygen atoms in total. The monoisotopic (exact) mass is 264 g/mol. The number of rotatable bonds is 6. The molecule has 0 aromatic carbocycles. The topological polar surface area (TPSA) is 0 Å². The van der Waals surface area contributed by atoms with Crippen LogP contribution in [0.15, 0.2) is 24.3 Å². The maximum Gasteiger partial charge on any atom is -0.000178 e. The highest BCUT2D eigenvalue weighted by molar-refractivity contribution is 14.1. The zero-order valence-electron chi connectivity index (χ0n) is 7.22. The third-order valence-corrected chi connectivity index (χ3v) is 2.11. The number of hydrogen-bond donors (Lipinski definition) is 0. The molecule has 0 bridgehead atoms. The summed E-state index contributed by atoms with van der Waals surface area (Å²) in [6, 6.07) is 0. The van der Waals surface area contributed by atoms with Gasteiger partial charge in [-0.15, -0.1) is 0 Å². The molecular formula is C10H17I. The standard InChI is InChI=1S/C10H17I/c1-2-3-4-5-6-7-8-9-10-11/h3-4,6-7H,2,5,8-10H2,1H3. The van der Waals surface area contributed by atoms with Crippen LogP contribution in [0, 0.1) is 0 Å². The molecule has 0 aromatic heterocycles. The van der Waals surface area contributed by atoms with Crippen LogP contribution >= 0.6 is 22.6 Å². The highest BCUT2D eigenvalue weighted by Crippen LogP contribution is 1.97. The first-order valence-corrected chi connectivity index (χ1v) is 5.80. The summed E-state index contributed by atoms with van der Waals surface area (Å²) >= 11 is 2.41. The van der Waals surface area contributed by atoms with Crippen molar-refractivity contribution < 1.29 is 0 Å². The number of alkyl halides is 1. The van der Waals surface area contributed by atoms with E-state index in [1.165, 1.54) is 17.3 Å². The molecule has 0 atom stereocenters. The molecule has 0 rings (SSSR count). The van der Waals surface area contributed by atoms with Crippen LogP contribution in [0.4, 0.5) is 0 Å². The molecule has 1 heteroatoms. The lowest BCUT2D eigenvalue weighted by Gasteiger charge is -1.86. The van der Waals surface area contributed by atoms with Gasteiger partial charge in [0.15, 0.2) is 0 Å². The molecule has 0 spiro atoms. The van der Waals surface area contributed by atoms with Gasteiger partial charge >= 0.3 is 0 Å². The Morgan fingerprint density at radius 1 is 1.09 bits per heavy atom. The Bertz CT molecular complexity index is 114. The van der Waals surface area contributed by atoms with Crippen LogP contribution in [0.25, 0.3) is 0 Å². The summed E-state index contributed by atoms with van der Waals surface area (Å²) < 4.78 is 1.27. The van der Waals surface area contributed by atoms with Gasteiger partial charge in [0.1, 0.15) is 0 Å². The predicted octanol–water partition coefficient (Wildman–Crippen LogP) is 4.11. The van der Waals surface area contributed by atoms with Crippen molar-refractivity contribution >= 4 is 22.6 Å². The molecule has 0 saturated heterocycles. The molecule has 0 heterocycles. The summed E-state index contributed by atoms with van der Waals surface area (Å²) in [7, 11) is 0. The van der Waals surface area contributed by atoms with Crippen molar-refractivity contribution in [2.75, 3.05) is 4.43 Å². The first kappa shape index (κ1) is 11.2. The normalized spacial score (nSPS) is 11.8. The molecular weight excluding hydrogens is 247 g/mol. The highest BCUT2D eigenvalue weighted by atomic mass is 127. The molecule has 0 unspecified atom stereocenters. The maximum atomic E-state index is 2.41. The number of unbranched alkanes of at least 4 members (excludes halogenated alkanes) is 1. The molecule has 0 fully saturated rings. The van der Waals surface area contributed by atoms with Crippen LogP contribution in [0.2, 0.25) is 0 Å². The van der Waals surface area contributed by atoms with Gasteiger partial charge in [0.25, 0.3) is 0 Å². The Hall–Kier alpha value is 0.210. The van der Waals surface area contributed by atoms with Crippen LogP contribution in [-0.4, -0.2) is 4.43 Å². The van der Waals surface area contributed by atoms with Gasteiger partial charge in [-0.25, -0.2) is 0 Å². The first-order valence-electron chi connectivity index (χ1n) is 4.27. The van der Waals surface area contributed by atoms with Gasteiger partial charge in [-0.05, 0) is 30.1 Å². The van der Waals surface area contributed by atoms with Gasteiger partial charge in [-0.3, -0.25) is 0 Å². The SMILES string of the molecule is CCC=CCC=CCCCI. The van der Waals surface area contributed by atoms with E-state index < -0.39 is 0 Å². The van der Waals surface area contributed by atoms with Crippen molar-refractivity contribution in [3.05, 3.63) is 24.3 Å². The van der Waals surface area contributed by atoms with Crippen molar-refractivity contribution in [1.82, 2.24) is 0 Å². The second-order valence-corrected chi connectivity index (χ2v) is 3.50. The Labute approximate surface area is 83.9 Å². The van der Waals surface area contributed by atoms with E-state index in [4.69, 9.17) is 0 Å². The minimum absolute atomic E-state index is 1.11. The number of allylic oxidation sites excluding steroid dienone is 4. The van der Waals surface area contributed by atoms with Crippen LogP contribution in [-0.2, 0) is 0 Å². The second-order valence-electron chi connectivity index (χ2n) is 2.42. The van der Waals surface area contributed by atoms with Gasteiger partial charge in [-0.1, -0.05) is 53.8 Å². The summed E-state index contributed by atoms with van der Waals surface area (Å²) in [6.45, 7) is 2.16. The van der Waals surface area contributed by atoms with Gasteiger partial charge in [0.2, 0.25) is 0 Å². The Kier molecular flexibility index (Phi) is 10.4. The lowest BCUT2D eigenvalue weighted by atomic mass is 10.2. The third-order valence-electron chi connectivity index (χ3n) is 1.35. The van der Waals surface area contributed by atoms with E-state index in [1.807, 2.05) is 0 Å². The number of halogens is 1. The molecule has 0 amide bonds. The van der Waals surface area contributed by atoms with Gasteiger partial charge < -0.3 is 0 Å². The Morgan fingerprint density at radius 2 is 1.82 bits per heavy atom. The molecule has 0 aliphatic heterocycles. The number of hydrogen-bond acceptors (Lipinski definition) is 0. The Balaban J connectivity index is 3.09. The van der Waals surface area contributed by atoms with Crippen molar-refractivity contribution in [3.8, 4) is 0 Å². The summed E-state index contributed by atoms with van der Waals surface area (Å²) in [5.74, 6) is 0. The quantitative estimate of drug-likeness (QED) is 0.293.